The van der Waals surface area contributed by atoms with Crippen molar-refractivity contribution in [3.05, 3.63) is 86.8 Å². The first-order chi connectivity index (χ1) is 16.9. The minimum absolute atomic E-state index is 0.264. The van der Waals surface area contributed by atoms with E-state index < -0.39 is 11.8 Å². The highest BCUT2D eigenvalue weighted by Crippen LogP contribution is 2.36. The van der Waals surface area contributed by atoms with Gasteiger partial charge in [-0.15, -0.1) is 0 Å². The highest BCUT2D eigenvalue weighted by Gasteiger charge is 2.14. The van der Waals surface area contributed by atoms with Gasteiger partial charge in [0.1, 0.15) is 6.61 Å². The molecule has 0 aliphatic carbocycles. The molecule has 0 heterocycles. The minimum Gasteiger partial charge on any atom is -0.493 e. The van der Waals surface area contributed by atoms with Crippen molar-refractivity contribution in [1.29, 1.82) is 5.26 Å². The Bertz CT molecular complexity index is 1270. The second-order valence-corrected chi connectivity index (χ2v) is 8.43. The summed E-state index contributed by atoms with van der Waals surface area (Å²) in [5, 5.41) is 15.6. The molecule has 3 aromatic carbocycles. The Labute approximate surface area is 215 Å². The lowest BCUT2D eigenvalue weighted by Crippen LogP contribution is -2.32. The number of nitrogens with zero attached hydrogens (tertiary/aromatic N) is 2. The predicted octanol–water partition coefficient (Wildman–Crippen LogP) is 4.84. The van der Waals surface area contributed by atoms with E-state index >= 15 is 0 Å². The number of ether oxygens (including phenoxy) is 2. The van der Waals surface area contributed by atoms with E-state index in [-0.39, 0.29) is 6.42 Å². The number of rotatable bonds is 8. The van der Waals surface area contributed by atoms with Gasteiger partial charge >= 0.3 is 11.8 Å². The maximum atomic E-state index is 12.1. The van der Waals surface area contributed by atoms with E-state index in [9.17, 15) is 9.59 Å². The second-order valence-electron chi connectivity index (χ2n) is 7.13. The van der Waals surface area contributed by atoms with Crippen LogP contribution >= 0.6 is 27.5 Å². The second kappa shape index (κ2) is 12.6. The van der Waals surface area contributed by atoms with Crippen molar-refractivity contribution >= 4 is 51.2 Å². The topological polar surface area (TPSA) is 113 Å². The average Bonchev–Trinajstić information content (AvgIpc) is 2.85. The van der Waals surface area contributed by atoms with Gasteiger partial charge in [-0.25, -0.2) is 5.43 Å². The fourth-order valence-electron chi connectivity index (χ4n) is 2.89. The van der Waals surface area contributed by atoms with Crippen molar-refractivity contribution in [2.75, 3.05) is 12.4 Å². The first-order valence-corrected chi connectivity index (χ1v) is 11.4. The van der Waals surface area contributed by atoms with Gasteiger partial charge in [-0.05, 0) is 69.0 Å². The predicted molar refractivity (Wildman–Crippen MR) is 137 cm³/mol. The van der Waals surface area contributed by atoms with Crippen molar-refractivity contribution in [2.45, 2.75) is 13.0 Å². The van der Waals surface area contributed by atoms with Gasteiger partial charge in [0.15, 0.2) is 11.5 Å². The molecule has 178 valence electrons. The smallest absolute Gasteiger partial charge is 0.329 e. The molecule has 3 aromatic rings. The van der Waals surface area contributed by atoms with Crippen LogP contribution in [0.5, 0.6) is 11.5 Å². The Morgan fingerprint density at radius 2 is 1.77 bits per heavy atom. The summed E-state index contributed by atoms with van der Waals surface area (Å²) in [5.74, 6) is -0.848. The average molecular weight is 556 g/mol. The molecule has 0 saturated carbocycles. The lowest BCUT2D eigenvalue weighted by Gasteiger charge is -2.13. The fourth-order valence-corrected chi connectivity index (χ4v) is 3.59. The monoisotopic (exact) mass is 554 g/mol. The van der Waals surface area contributed by atoms with Crippen LogP contribution in [0.15, 0.2) is 70.2 Å². The molecule has 8 nitrogen and oxygen atoms in total. The van der Waals surface area contributed by atoms with Gasteiger partial charge in [0.05, 0.1) is 30.3 Å². The van der Waals surface area contributed by atoms with Crippen LogP contribution in [-0.2, 0) is 22.6 Å². The summed E-state index contributed by atoms with van der Waals surface area (Å²) in [7, 11) is 1.51. The quantitative estimate of drug-likeness (QED) is 0.235. The standard InChI is InChI=1S/C25H20BrClN4O4/c1-34-22-13-18(12-21(26)23(22)35-15-17-2-6-19(27)7-3-17)14-29-31-25(33)24(32)30-20-8-4-16(5-9-20)10-11-28/h2-9,12-14H,10,15H2,1H3,(H,30,32)(H,31,33)/b29-14+. The Kier molecular flexibility index (Phi) is 9.23. The molecule has 35 heavy (non-hydrogen) atoms. The zero-order chi connectivity index (χ0) is 25.2. The lowest BCUT2D eigenvalue weighted by atomic mass is 10.1. The van der Waals surface area contributed by atoms with Gasteiger partial charge in [0, 0.05) is 10.7 Å². The first kappa shape index (κ1) is 25.7. The summed E-state index contributed by atoms with van der Waals surface area (Å²) in [6.45, 7) is 0.311. The Morgan fingerprint density at radius 1 is 1.09 bits per heavy atom. The minimum atomic E-state index is -0.934. The molecule has 2 N–H and O–H groups in total. The van der Waals surface area contributed by atoms with Crippen LogP contribution in [0.4, 0.5) is 5.69 Å². The van der Waals surface area contributed by atoms with Gasteiger partial charge in [-0.2, -0.15) is 10.4 Å². The number of hydrogen-bond donors (Lipinski definition) is 2. The van der Waals surface area contributed by atoms with Crippen molar-refractivity contribution in [3.63, 3.8) is 0 Å². The highest BCUT2D eigenvalue weighted by molar-refractivity contribution is 9.10. The summed E-state index contributed by atoms with van der Waals surface area (Å²) >= 11 is 9.37. The van der Waals surface area contributed by atoms with Crippen molar-refractivity contribution in [3.8, 4) is 17.6 Å². The third-order valence-corrected chi connectivity index (χ3v) is 5.47. The van der Waals surface area contributed by atoms with Crippen LogP contribution in [-0.4, -0.2) is 25.1 Å². The van der Waals surface area contributed by atoms with E-state index in [2.05, 4.69) is 31.8 Å². The zero-order valence-corrected chi connectivity index (χ0v) is 20.9. The lowest BCUT2D eigenvalue weighted by molar-refractivity contribution is -0.136. The van der Waals surface area contributed by atoms with E-state index in [0.29, 0.717) is 38.9 Å². The van der Waals surface area contributed by atoms with Crippen molar-refractivity contribution in [2.24, 2.45) is 5.10 Å². The molecular weight excluding hydrogens is 536 g/mol. The van der Waals surface area contributed by atoms with Crippen molar-refractivity contribution < 1.29 is 19.1 Å². The van der Waals surface area contributed by atoms with Crippen LogP contribution in [0.2, 0.25) is 5.02 Å². The summed E-state index contributed by atoms with van der Waals surface area (Å²) in [4.78, 5) is 24.1. The molecule has 0 bridgehead atoms. The molecule has 0 saturated heterocycles. The molecule has 0 aromatic heterocycles. The van der Waals surface area contributed by atoms with Gasteiger partial charge in [0.2, 0.25) is 0 Å². The molecular formula is C25H20BrClN4O4. The number of carbonyl (C=O) groups excluding carboxylic acids is 2. The van der Waals surface area contributed by atoms with E-state index in [4.69, 9.17) is 26.3 Å². The van der Waals surface area contributed by atoms with Gasteiger partial charge < -0.3 is 14.8 Å². The van der Waals surface area contributed by atoms with Crippen molar-refractivity contribution in [1.82, 2.24) is 5.43 Å². The van der Waals surface area contributed by atoms with Crippen LogP contribution < -0.4 is 20.2 Å². The SMILES string of the molecule is COc1cc(/C=N/NC(=O)C(=O)Nc2ccc(CC#N)cc2)cc(Br)c1OCc1ccc(Cl)cc1. The maximum Gasteiger partial charge on any atom is 0.329 e. The molecule has 10 heteroatoms. The number of benzene rings is 3. The largest absolute Gasteiger partial charge is 0.493 e. The third kappa shape index (κ3) is 7.57. The molecule has 0 atom stereocenters. The van der Waals surface area contributed by atoms with Crippen LogP contribution in [0.1, 0.15) is 16.7 Å². The number of halogens is 2. The highest BCUT2D eigenvalue weighted by atomic mass is 79.9. The Balaban J connectivity index is 1.59. The zero-order valence-electron chi connectivity index (χ0n) is 18.5. The van der Waals surface area contributed by atoms with Crippen LogP contribution in [0.3, 0.4) is 0 Å². The summed E-state index contributed by atoms with van der Waals surface area (Å²) in [5.41, 5.74) is 4.96. The summed E-state index contributed by atoms with van der Waals surface area (Å²) in [6, 6.07) is 19.4. The van der Waals surface area contributed by atoms with Crippen LogP contribution in [0, 0.1) is 11.3 Å². The number of nitriles is 1. The molecule has 0 radical (unpaired) electrons. The number of amides is 2. The number of nitrogens with one attached hydrogen (secondary N) is 2. The Hall–Kier alpha value is -3.87. The number of anilines is 1. The molecule has 0 unspecified atom stereocenters. The van der Waals surface area contributed by atoms with Gasteiger partial charge in [0.25, 0.3) is 0 Å². The molecule has 2 amide bonds. The number of methoxy groups -OCH3 is 1. The third-order valence-electron chi connectivity index (χ3n) is 4.63. The molecule has 0 spiro atoms. The van der Waals surface area contributed by atoms with Gasteiger partial charge in [-0.3, -0.25) is 9.59 Å². The van der Waals surface area contributed by atoms with E-state index in [1.165, 1.54) is 13.3 Å². The van der Waals surface area contributed by atoms with E-state index in [1.807, 2.05) is 18.2 Å². The Morgan fingerprint density at radius 3 is 2.43 bits per heavy atom. The fraction of sp³-hybridized carbons (Fsp3) is 0.120. The number of hydrogen-bond acceptors (Lipinski definition) is 6. The summed E-state index contributed by atoms with van der Waals surface area (Å²) in [6.07, 6.45) is 1.64. The number of carbonyl (C=O) groups is 2. The summed E-state index contributed by atoms with van der Waals surface area (Å²) < 4.78 is 11.9. The molecule has 0 aliphatic rings. The van der Waals surface area contributed by atoms with E-state index in [1.54, 1.807) is 48.5 Å². The molecule has 0 aliphatic heterocycles. The normalized spacial score (nSPS) is 10.5. The number of hydrazone groups is 1. The van der Waals surface area contributed by atoms with Gasteiger partial charge in [-0.1, -0.05) is 35.9 Å². The molecule has 3 rings (SSSR count). The van der Waals surface area contributed by atoms with E-state index in [0.717, 1.165) is 11.1 Å². The molecule has 0 fully saturated rings. The first-order valence-electron chi connectivity index (χ1n) is 10.2. The van der Waals surface area contributed by atoms with Crippen LogP contribution in [0.25, 0.3) is 0 Å². The maximum absolute atomic E-state index is 12.1.